The van der Waals surface area contributed by atoms with Crippen LogP contribution in [0, 0.1) is 0 Å². The number of aromatic nitrogens is 4. The van der Waals surface area contributed by atoms with Gasteiger partial charge >= 0.3 is 12.1 Å². The molecule has 0 aliphatic rings. The fraction of sp³-hybridized carbons (Fsp3) is 0.0714. The molecule has 0 atom stereocenters. The Balaban J connectivity index is 1.85. The first-order valence-corrected chi connectivity index (χ1v) is 6.75. The Labute approximate surface area is 137 Å². The molecule has 0 spiro atoms. The lowest BCUT2D eigenvalue weighted by molar-refractivity contribution is -0.141. The first-order valence-electron chi connectivity index (χ1n) is 6.75. The number of benzene rings is 1. The van der Waals surface area contributed by atoms with Gasteiger partial charge in [0.15, 0.2) is 11.5 Å². The summed E-state index contributed by atoms with van der Waals surface area (Å²) in [5.74, 6) is -1.36. The van der Waals surface area contributed by atoms with E-state index in [1.807, 2.05) is 0 Å². The van der Waals surface area contributed by atoms with Crippen molar-refractivity contribution in [2.24, 2.45) is 5.10 Å². The molecule has 0 aliphatic carbocycles. The highest BCUT2D eigenvalue weighted by Crippen LogP contribution is 2.29. The Morgan fingerprint density at radius 1 is 1.28 bits per heavy atom. The summed E-state index contributed by atoms with van der Waals surface area (Å²) in [6.45, 7) is 0. The number of carboxylic acid groups (broad SMARTS) is 1. The quantitative estimate of drug-likeness (QED) is 0.553. The first kappa shape index (κ1) is 16.4. The molecule has 3 rings (SSSR count). The normalized spacial score (nSPS) is 12.0. The summed E-state index contributed by atoms with van der Waals surface area (Å²) in [5, 5.41) is 16.4. The topological polar surface area (TPSA) is 105 Å². The number of carboxylic acids is 1. The molecule has 0 saturated carbocycles. The predicted molar refractivity (Wildman–Crippen MR) is 80.4 cm³/mol. The summed E-state index contributed by atoms with van der Waals surface area (Å²) >= 11 is 0. The highest BCUT2D eigenvalue weighted by atomic mass is 19.4. The molecule has 0 radical (unpaired) electrons. The van der Waals surface area contributed by atoms with Crippen LogP contribution in [-0.4, -0.2) is 36.9 Å². The predicted octanol–water partition coefficient (Wildman–Crippen LogP) is 2.29. The third-order valence-corrected chi connectivity index (χ3v) is 3.09. The number of carbonyl (C=O) groups is 1. The van der Waals surface area contributed by atoms with Gasteiger partial charge in [-0.3, -0.25) is 5.43 Å². The van der Waals surface area contributed by atoms with Gasteiger partial charge in [0.2, 0.25) is 0 Å². The number of alkyl halides is 3. The van der Waals surface area contributed by atoms with Crippen molar-refractivity contribution in [1.82, 2.24) is 19.6 Å². The Morgan fingerprint density at radius 2 is 2.00 bits per heavy atom. The maximum atomic E-state index is 12.9. The van der Waals surface area contributed by atoms with E-state index in [1.54, 1.807) is 0 Å². The lowest BCUT2D eigenvalue weighted by Crippen LogP contribution is -2.12. The molecule has 11 heteroatoms. The summed E-state index contributed by atoms with van der Waals surface area (Å²) in [6, 6.07) is 6.54. The van der Waals surface area contributed by atoms with Gasteiger partial charge in [0.25, 0.3) is 5.78 Å². The Hall–Kier alpha value is -3.50. The first-order chi connectivity index (χ1) is 11.8. The van der Waals surface area contributed by atoms with Crippen molar-refractivity contribution in [1.29, 1.82) is 0 Å². The summed E-state index contributed by atoms with van der Waals surface area (Å²) in [5.41, 5.74) is 1.98. The number of rotatable bonds is 4. The van der Waals surface area contributed by atoms with E-state index in [2.05, 4.69) is 25.6 Å². The molecule has 2 heterocycles. The molecule has 2 N–H and O–H groups in total. The Bertz CT molecular complexity index is 949. The molecule has 3 aromatic rings. The van der Waals surface area contributed by atoms with Crippen LogP contribution in [0.3, 0.4) is 0 Å². The minimum atomic E-state index is -4.64. The van der Waals surface area contributed by atoms with Gasteiger partial charge in [-0.1, -0.05) is 12.1 Å². The van der Waals surface area contributed by atoms with Gasteiger partial charge in [-0.05, 0) is 17.7 Å². The zero-order valence-corrected chi connectivity index (χ0v) is 12.3. The lowest BCUT2D eigenvalue weighted by atomic mass is 10.1. The van der Waals surface area contributed by atoms with E-state index in [9.17, 15) is 18.0 Å². The minimum Gasteiger partial charge on any atom is -0.478 e. The standard InChI is InChI=1S/C14H9F3N6O2/c15-14(16,17)10-5-11(23-13(21-10)18-7-20-23)22-19-6-8-1-3-9(4-2-8)12(24)25/h1-7,22H,(H,24,25)/b19-6+. The zero-order chi connectivity index (χ0) is 18.0. The molecule has 128 valence electrons. The van der Waals surface area contributed by atoms with Crippen molar-refractivity contribution in [3.05, 3.63) is 53.5 Å². The van der Waals surface area contributed by atoms with Crippen molar-refractivity contribution in [3.63, 3.8) is 0 Å². The average molecular weight is 350 g/mol. The number of anilines is 1. The van der Waals surface area contributed by atoms with E-state index in [-0.39, 0.29) is 17.2 Å². The molecule has 0 bridgehead atoms. The van der Waals surface area contributed by atoms with E-state index in [0.717, 1.165) is 16.9 Å². The Kier molecular flexibility index (Phi) is 4.05. The second kappa shape index (κ2) is 6.19. The van der Waals surface area contributed by atoms with Crippen molar-refractivity contribution in [2.75, 3.05) is 5.43 Å². The van der Waals surface area contributed by atoms with Crippen LogP contribution in [0.15, 0.2) is 41.8 Å². The molecule has 0 fully saturated rings. The monoisotopic (exact) mass is 350 g/mol. The molecule has 0 unspecified atom stereocenters. The van der Waals surface area contributed by atoms with Gasteiger partial charge < -0.3 is 5.11 Å². The highest BCUT2D eigenvalue weighted by Gasteiger charge is 2.34. The summed E-state index contributed by atoms with van der Waals surface area (Å²) in [6.07, 6.45) is -2.25. The van der Waals surface area contributed by atoms with Crippen LogP contribution < -0.4 is 5.43 Å². The van der Waals surface area contributed by atoms with Gasteiger partial charge in [0, 0.05) is 6.07 Å². The van der Waals surface area contributed by atoms with Crippen LogP contribution in [0.25, 0.3) is 5.78 Å². The van der Waals surface area contributed by atoms with Crippen LogP contribution in [0.1, 0.15) is 21.6 Å². The van der Waals surface area contributed by atoms with Gasteiger partial charge in [-0.2, -0.15) is 32.9 Å². The smallest absolute Gasteiger partial charge is 0.433 e. The second-order valence-corrected chi connectivity index (χ2v) is 4.79. The molecule has 0 amide bonds. The van der Waals surface area contributed by atoms with Crippen LogP contribution in [0.2, 0.25) is 0 Å². The van der Waals surface area contributed by atoms with Crippen LogP contribution in [0.5, 0.6) is 0 Å². The van der Waals surface area contributed by atoms with Gasteiger partial charge in [-0.15, -0.1) is 0 Å². The van der Waals surface area contributed by atoms with Crippen LogP contribution in [0.4, 0.5) is 19.0 Å². The zero-order valence-electron chi connectivity index (χ0n) is 12.3. The molecule has 1 aromatic carbocycles. The number of hydrogen-bond donors (Lipinski definition) is 2. The SMILES string of the molecule is O=C(O)c1ccc(/C=N/Nc2cc(C(F)(F)F)nc3ncnn23)cc1. The number of nitrogens with zero attached hydrogens (tertiary/aromatic N) is 5. The van der Waals surface area contributed by atoms with Crippen LogP contribution >= 0.6 is 0 Å². The summed E-state index contributed by atoms with van der Waals surface area (Å²) in [4.78, 5) is 17.8. The fourth-order valence-electron chi connectivity index (χ4n) is 1.92. The number of fused-ring (bicyclic) bond motifs is 1. The average Bonchev–Trinajstić information content (AvgIpc) is 3.03. The molecule has 0 aliphatic heterocycles. The number of nitrogens with one attached hydrogen (secondary N) is 1. The molecule has 0 saturated heterocycles. The number of hydrogen-bond acceptors (Lipinski definition) is 6. The third kappa shape index (κ3) is 3.54. The van der Waals surface area contributed by atoms with Gasteiger partial charge in [-0.25, -0.2) is 9.78 Å². The van der Waals surface area contributed by atoms with Gasteiger partial charge in [0.05, 0.1) is 11.8 Å². The van der Waals surface area contributed by atoms with Crippen molar-refractivity contribution < 1.29 is 23.1 Å². The third-order valence-electron chi connectivity index (χ3n) is 3.09. The van der Waals surface area contributed by atoms with Crippen molar-refractivity contribution in [3.8, 4) is 0 Å². The van der Waals surface area contributed by atoms with Crippen molar-refractivity contribution >= 4 is 23.8 Å². The maximum absolute atomic E-state index is 12.9. The van der Waals surface area contributed by atoms with E-state index in [1.165, 1.54) is 30.5 Å². The van der Waals surface area contributed by atoms with E-state index in [0.29, 0.717) is 5.56 Å². The summed E-state index contributed by atoms with van der Waals surface area (Å²) < 4.78 is 39.6. The van der Waals surface area contributed by atoms with Crippen molar-refractivity contribution in [2.45, 2.75) is 6.18 Å². The summed E-state index contributed by atoms with van der Waals surface area (Å²) in [7, 11) is 0. The van der Waals surface area contributed by atoms with E-state index >= 15 is 0 Å². The molecule has 2 aromatic heterocycles. The molecule has 25 heavy (non-hydrogen) atoms. The largest absolute Gasteiger partial charge is 0.478 e. The number of hydrazone groups is 1. The molecule has 8 nitrogen and oxygen atoms in total. The van der Waals surface area contributed by atoms with E-state index in [4.69, 9.17) is 5.11 Å². The Morgan fingerprint density at radius 3 is 2.64 bits per heavy atom. The number of aromatic carboxylic acids is 1. The lowest BCUT2D eigenvalue weighted by Gasteiger charge is -2.08. The maximum Gasteiger partial charge on any atom is 0.433 e. The van der Waals surface area contributed by atoms with E-state index < -0.39 is 17.8 Å². The molecular weight excluding hydrogens is 341 g/mol. The second-order valence-electron chi connectivity index (χ2n) is 4.79. The molecular formula is C14H9F3N6O2. The minimum absolute atomic E-state index is 0.0757. The number of halogens is 3. The highest BCUT2D eigenvalue weighted by molar-refractivity contribution is 5.89. The fourth-order valence-corrected chi connectivity index (χ4v) is 1.92. The van der Waals surface area contributed by atoms with Gasteiger partial charge in [0.1, 0.15) is 6.33 Å². The van der Waals surface area contributed by atoms with Crippen LogP contribution in [-0.2, 0) is 6.18 Å².